The second-order valence-electron chi connectivity index (χ2n) is 10.4. The maximum atomic E-state index is 11.6. The second-order valence-corrected chi connectivity index (χ2v) is 10.6. The highest BCUT2D eigenvalue weighted by molar-refractivity contribution is 6.43. The molecule has 4 N–H and O–H groups in total. The van der Waals surface area contributed by atoms with Crippen LogP contribution in [0.3, 0.4) is 0 Å². The Morgan fingerprint density at radius 1 is 0.645 bits per heavy atom. The maximum absolute atomic E-state index is 11.6. The lowest BCUT2D eigenvalue weighted by Crippen LogP contribution is -2.28. The van der Waals surface area contributed by atoms with Crippen LogP contribution in [0, 0.1) is 47.3 Å². The smallest absolute Gasteiger partial charge is 0.201 e. The summed E-state index contributed by atoms with van der Waals surface area (Å²) in [5.74, 6) is 7.83. The van der Waals surface area contributed by atoms with Crippen LogP contribution in [-0.2, 0) is 14.0 Å². The highest BCUT2D eigenvalue weighted by Gasteiger charge is 2.48. The first-order chi connectivity index (χ1) is 15.0. The number of carbonyl (C=O) groups excluding carboxylic acids is 2. The number of hydrogen-bond acceptors (Lipinski definition) is 8. The van der Waals surface area contributed by atoms with E-state index in [1.54, 1.807) is 0 Å². The van der Waals surface area contributed by atoms with Crippen molar-refractivity contribution in [2.45, 2.75) is 64.2 Å². The predicted molar refractivity (Wildman–Crippen MR) is 114 cm³/mol. The van der Waals surface area contributed by atoms with E-state index in [1.807, 2.05) is 0 Å². The van der Waals surface area contributed by atoms with E-state index < -0.39 is 0 Å². The van der Waals surface area contributed by atoms with Crippen molar-refractivity contribution in [1.29, 1.82) is 0 Å². The Morgan fingerprint density at radius 2 is 0.903 bits per heavy atom. The summed E-state index contributed by atoms with van der Waals surface area (Å²) in [5.41, 5.74) is 1.32. The topological polar surface area (TPSA) is 135 Å². The van der Waals surface area contributed by atoms with E-state index in [0.29, 0.717) is 35.1 Å². The van der Waals surface area contributed by atoms with Crippen LogP contribution < -0.4 is 5.90 Å². The van der Waals surface area contributed by atoms with Gasteiger partial charge in [0.05, 0.1) is 11.9 Å². The average Bonchev–Trinajstić information content (AvgIpc) is 2.99. The number of halogens is 1. The van der Waals surface area contributed by atoms with Gasteiger partial charge in [-0.25, -0.2) is 0 Å². The predicted octanol–water partition coefficient (Wildman–Crippen LogP) is 3.71. The number of fused-ring (bicyclic) bond motifs is 2. The molecule has 8 saturated carbocycles. The molecule has 8 rings (SSSR count). The van der Waals surface area contributed by atoms with Gasteiger partial charge in [0.1, 0.15) is 11.4 Å². The van der Waals surface area contributed by atoms with Crippen LogP contribution in [0.15, 0.2) is 10.3 Å². The first kappa shape index (κ1) is 22.7. The van der Waals surface area contributed by atoms with Crippen molar-refractivity contribution in [3.63, 3.8) is 0 Å². The van der Waals surface area contributed by atoms with E-state index in [4.69, 9.17) is 10.4 Å². The molecule has 0 saturated heterocycles. The van der Waals surface area contributed by atoms with Crippen LogP contribution in [0.25, 0.3) is 0 Å². The summed E-state index contributed by atoms with van der Waals surface area (Å²) in [6, 6.07) is 0. The Balaban J connectivity index is 0.000000134. The second kappa shape index (κ2) is 9.55. The molecule has 0 heterocycles. The number of nitrogens with zero attached hydrogens (tertiary/aromatic N) is 2. The first-order valence-corrected chi connectivity index (χ1v) is 11.8. The Labute approximate surface area is 187 Å². The van der Waals surface area contributed by atoms with Gasteiger partial charge in [0.2, 0.25) is 11.6 Å². The molecule has 0 amide bonds. The summed E-state index contributed by atoms with van der Waals surface area (Å²) in [4.78, 5) is 23.3. The molecule has 8 aliphatic rings. The van der Waals surface area contributed by atoms with Gasteiger partial charge >= 0.3 is 0 Å². The van der Waals surface area contributed by atoms with Gasteiger partial charge in [-0.3, -0.25) is 9.59 Å². The zero-order valence-corrected chi connectivity index (χ0v) is 18.4. The number of ketones is 2. The molecule has 8 aliphatic carbocycles. The van der Waals surface area contributed by atoms with Crippen LogP contribution in [0.2, 0.25) is 0 Å². The number of oxime groups is 2. The van der Waals surface area contributed by atoms with Gasteiger partial charge in [0, 0.05) is 23.7 Å². The normalized spacial score (nSPS) is 44.5. The fourth-order valence-electron chi connectivity index (χ4n) is 7.66. The molecule has 0 aromatic rings. The Hall–Kier alpha value is -1.51. The molecule has 2 unspecified atom stereocenters. The van der Waals surface area contributed by atoms with Crippen molar-refractivity contribution in [1.82, 2.24) is 0 Å². The van der Waals surface area contributed by atoms with Gasteiger partial charge in [-0.2, -0.15) is 10.3 Å². The number of Topliss-reactive ketones (excluding diaryl/α,β-unsaturated/α-hetero) is 2. The van der Waals surface area contributed by atoms with E-state index in [9.17, 15) is 9.59 Å². The third-order valence-electron chi connectivity index (χ3n) is 8.51. The quantitative estimate of drug-likeness (QED) is 0.290. The van der Waals surface area contributed by atoms with Crippen molar-refractivity contribution in [2.75, 3.05) is 0 Å². The van der Waals surface area contributed by atoms with Gasteiger partial charge in [0.15, 0.2) is 0 Å². The van der Waals surface area contributed by atoms with Crippen LogP contribution in [0.4, 0.5) is 0 Å². The minimum absolute atomic E-state index is 0.0327. The summed E-state index contributed by atoms with van der Waals surface area (Å²) in [6.45, 7) is 0. The monoisotopic (exact) mass is 453 g/mol. The number of nitrogens with two attached hydrogens (primary N) is 1. The SMILES string of the molecule is NOCl.O=C1C(=O)C2CC3CC(CC1C3)C2.ON=C1/C(=N/O)C2CC3CC(CC1C3)C2. The molecule has 0 aliphatic heterocycles. The largest absolute Gasteiger partial charge is 0.411 e. The van der Waals surface area contributed by atoms with Crippen molar-refractivity contribution >= 4 is 34.9 Å². The van der Waals surface area contributed by atoms with Gasteiger partial charge in [0.25, 0.3) is 0 Å². The Kier molecular flexibility index (Phi) is 6.98. The molecule has 8 fully saturated rings. The molecule has 2 atom stereocenters. The van der Waals surface area contributed by atoms with E-state index in [0.717, 1.165) is 63.2 Å². The van der Waals surface area contributed by atoms with Gasteiger partial charge in [-0.1, -0.05) is 10.3 Å². The lowest BCUT2D eigenvalue weighted by atomic mass is 9.68. The fraction of sp³-hybridized carbons (Fsp3) is 0.818. The van der Waals surface area contributed by atoms with Crippen molar-refractivity contribution in [3.05, 3.63) is 0 Å². The molecule has 8 bridgehead atoms. The van der Waals surface area contributed by atoms with E-state index in [1.165, 1.54) is 12.8 Å². The minimum Gasteiger partial charge on any atom is -0.411 e. The van der Waals surface area contributed by atoms with Crippen molar-refractivity contribution < 1.29 is 24.4 Å². The lowest BCUT2D eigenvalue weighted by molar-refractivity contribution is -0.140. The minimum atomic E-state index is -0.0327. The molecule has 0 spiro atoms. The first-order valence-electron chi connectivity index (χ1n) is 11.5. The standard InChI is InChI=1S/C11H16N2O2.C11H14O2.ClH2NO/c14-12-10-8-2-6-1-7(4-8)5-9(3-6)11(10)13-15;12-10-8-2-6-1-7(4-8)5-9(3-6)11(10)13;1-3-2/h6-9,14-15H,1-5H2;6-9H,1-5H2;2H2/b12-10+,13-11?;;. The Bertz CT molecular complexity index is 688. The van der Waals surface area contributed by atoms with E-state index in [2.05, 4.69) is 32.5 Å². The van der Waals surface area contributed by atoms with Crippen molar-refractivity contribution in [3.8, 4) is 0 Å². The maximum Gasteiger partial charge on any atom is 0.201 e. The molecule has 0 aromatic heterocycles. The van der Waals surface area contributed by atoms with Crippen LogP contribution in [0.5, 0.6) is 0 Å². The molecule has 0 aromatic carbocycles. The molecule has 172 valence electrons. The number of carbonyl (C=O) groups is 2. The zero-order chi connectivity index (χ0) is 22.1. The molecular weight excluding hydrogens is 422 g/mol. The Morgan fingerprint density at radius 3 is 1.16 bits per heavy atom. The van der Waals surface area contributed by atoms with Crippen LogP contribution in [-0.4, -0.2) is 33.4 Å². The molecular formula is C22H32ClN3O5. The highest BCUT2D eigenvalue weighted by Crippen LogP contribution is 2.50. The van der Waals surface area contributed by atoms with E-state index >= 15 is 0 Å². The summed E-state index contributed by atoms with van der Waals surface area (Å²) in [5, 5.41) is 24.9. The molecule has 8 nitrogen and oxygen atoms in total. The van der Waals surface area contributed by atoms with Crippen molar-refractivity contribution in [2.24, 2.45) is 63.6 Å². The van der Waals surface area contributed by atoms with E-state index in [-0.39, 0.29) is 23.4 Å². The number of rotatable bonds is 0. The zero-order valence-electron chi connectivity index (χ0n) is 17.7. The molecule has 0 radical (unpaired) electrons. The van der Waals surface area contributed by atoms with Crippen LogP contribution >= 0.6 is 11.9 Å². The summed E-state index contributed by atoms with van der Waals surface area (Å²) in [7, 11) is 0. The fourth-order valence-corrected chi connectivity index (χ4v) is 7.66. The summed E-state index contributed by atoms with van der Waals surface area (Å²) in [6.07, 6.45) is 11.1. The summed E-state index contributed by atoms with van der Waals surface area (Å²) < 4.78 is 3.22. The lowest BCUT2D eigenvalue weighted by Gasteiger charge is -2.37. The van der Waals surface area contributed by atoms with Crippen LogP contribution in [0.1, 0.15) is 64.2 Å². The summed E-state index contributed by atoms with van der Waals surface area (Å²) >= 11 is 4.28. The van der Waals surface area contributed by atoms with Gasteiger partial charge in [-0.15, -0.1) is 0 Å². The average molecular weight is 454 g/mol. The third-order valence-corrected chi connectivity index (χ3v) is 8.51. The number of hydrogen-bond donors (Lipinski definition) is 3. The molecule has 9 heteroatoms. The molecule has 31 heavy (non-hydrogen) atoms. The van der Waals surface area contributed by atoms with Gasteiger partial charge < -0.3 is 10.4 Å². The highest BCUT2D eigenvalue weighted by atomic mass is 35.5. The third kappa shape index (κ3) is 4.52. The van der Waals surface area contributed by atoms with Gasteiger partial charge in [-0.05, 0) is 87.9 Å².